The van der Waals surface area contributed by atoms with Crippen molar-refractivity contribution < 1.29 is 9.90 Å². The minimum absolute atomic E-state index is 0.0628. The normalized spacial score (nSPS) is 19.0. The Morgan fingerprint density at radius 3 is 2.84 bits per heavy atom. The standard InChI is InChI=1S/C15H22N2O2/c1-3-16(13-6-4-5-12(2)9-13)7-8-17-11-14(18)10-15(17)19/h4-6,9,14,18H,3,7-8,10-11H2,1-2H3. The Morgan fingerprint density at radius 2 is 2.26 bits per heavy atom. The van der Waals surface area contributed by atoms with E-state index >= 15 is 0 Å². The van der Waals surface area contributed by atoms with Crippen molar-refractivity contribution >= 4 is 11.6 Å². The molecule has 1 aliphatic heterocycles. The van der Waals surface area contributed by atoms with Gasteiger partial charge in [-0.3, -0.25) is 4.79 Å². The molecule has 1 N–H and O–H groups in total. The van der Waals surface area contributed by atoms with Crippen LogP contribution < -0.4 is 4.90 Å². The molecule has 0 aromatic heterocycles. The zero-order valence-corrected chi connectivity index (χ0v) is 11.7. The van der Waals surface area contributed by atoms with Crippen molar-refractivity contribution in [3.8, 4) is 0 Å². The Hall–Kier alpha value is -1.55. The maximum Gasteiger partial charge on any atom is 0.225 e. The van der Waals surface area contributed by atoms with Gasteiger partial charge in [0.1, 0.15) is 0 Å². The van der Waals surface area contributed by atoms with Gasteiger partial charge in [0.2, 0.25) is 5.91 Å². The van der Waals surface area contributed by atoms with Crippen molar-refractivity contribution in [3.63, 3.8) is 0 Å². The van der Waals surface area contributed by atoms with Crippen LogP contribution in [0.5, 0.6) is 0 Å². The molecule has 104 valence electrons. The third-order valence-corrected chi connectivity index (χ3v) is 3.58. The highest BCUT2D eigenvalue weighted by Crippen LogP contribution is 2.16. The number of aliphatic hydroxyl groups excluding tert-OH is 1. The zero-order chi connectivity index (χ0) is 13.8. The maximum absolute atomic E-state index is 11.6. The molecule has 0 radical (unpaired) electrons. The monoisotopic (exact) mass is 262 g/mol. The first-order chi connectivity index (χ1) is 9.10. The molecule has 1 amide bonds. The van der Waals surface area contributed by atoms with Gasteiger partial charge in [-0.2, -0.15) is 0 Å². The van der Waals surface area contributed by atoms with Crippen molar-refractivity contribution in [3.05, 3.63) is 29.8 Å². The number of amides is 1. The molecule has 0 spiro atoms. The number of rotatable bonds is 5. The van der Waals surface area contributed by atoms with Gasteiger partial charge in [0, 0.05) is 31.9 Å². The summed E-state index contributed by atoms with van der Waals surface area (Å²) in [6.07, 6.45) is -0.210. The van der Waals surface area contributed by atoms with E-state index in [2.05, 4.69) is 43.0 Å². The van der Waals surface area contributed by atoms with Crippen LogP contribution >= 0.6 is 0 Å². The summed E-state index contributed by atoms with van der Waals surface area (Å²) in [5.41, 5.74) is 2.43. The average Bonchev–Trinajstić information content (AvgIpc) is 2.69. The van der Waals surface area contributed by atoms with E-state index in [9.17, 15) is 9.90 Å². The Kier molecular flexibility index (Phi) is 4.43. The van der Waals surface area contributed by atoms with Crippen LogP contribution in [0.15, 0.2) is 24.3 Å². The number of nitrogens with zero attached hydrogens (tertiary/aromatic N) is 2. The fourth-order valence-electron chi connectivity index (χ4n) is 2.50. The minimum Gasteiger partial charge on any atom is -0.391 e. The van der Waals surface area contributed by atoms with Crippen LogP contribution in [-0.4, -0.2) is 48.2 Å². The minimum atomic E-state index is -0.485. The van der Waals surface area contributed by atoms with Gasteiger partial charge in [0.25, 0.3) is 0 Å². The highest BCUT2D eigenvalue weighted by atomic mass is 16.3. The topological polar surface area (TPSA) is 43.8 Å². The van der Waals surface area contributed by atoms with Crippen LogP contribution in [0, 0.1) is 6.92 Å². The Bertz CT molecular complexity index is 448. The predicted molar refractivity (Wildman–Crippen MR) is 76.3 cm³/mol. The molecule has 2 rings (SSSR count). The lowest BCUT2D eigenvalue weighted by Crippen LogP contribution is -2.36. The Balaban J connectivity index is 1.95. The molecule has 4 nitrogen and oxygen atoms in total. The second-order valence-corrected chi connectivity index (χ2v) is 5.12. The molecule has 0 bridgehead atoms. The van der Waals surface area contributed by atoms with E-state index in [4.69, 9.17) is 0 Å². The number of hydrogen-bond acceptors (Lipinski definition) is 3. The van der Waals surface area contributed by atoms with Crippen molar-refractivity contribution in [2.45, 2.75) is 26.4 Å². The number of anilines is 1. The van der Waals surface area contributed by atoms with Gasteiger partial charge in [-0.05, 0) is 31.5 Å². The maximum atomic E-state index is 11.6. The number of carbonyl (C=O) groups is 1. The van der Waals surface area contributed by atoms with Gasteiger partial charge in [-0.1, -0.05) is 12.1 Å². The summed E-state index contributed by atoms with van der Waals surface area (Å²) < 4.78 is 0. The Labute approximate surface area is 114 Å². The van der Waals surface area contributed by atoms with Crippen molar-refractivity contribution in [2.75, 3.05) is 31.1 Å². The smallest absolute Gasteiger partial charge is 0.225 e. The largest absolute Gasteiger partial charge is 0.391 e. The summed E-state index contributed by atoms with van der Waals surface area (Å²) in [7, 11) is 0. The zero-order valence-electron chi connectivity index (χ0n) is 11.7. The van der Waals surface area contributed by atoms with Gasteiger partial charge in [0.05, 0.1) is 12.5 Å². The molecule has 1 atom stereocenters. The van der Waals surface area contributed by atoms with Crippen molar-refractivity contribution in [2.24, 2.45) is 0 Å². The van der Waals surface area contributed by atoms with E-state index in [0.717, 1.165) is 13.1 Å². The number of aliphatic hydroxyl groups is 1. The summed E-state index contributed by atoms with van der Waals surface area (Å²) in [5.74, 6) is 0.0628. The summed E-state index contributed by atoms with van der Waals surface area (Å²) in [6.45, 7) is 7.06. The number of benzene rings is 1. The highest BCUT2D eigenvalue weighted by molar-refractivity contribution is 5.79. The molecule has 19 heavy (non-hydrogen) atoms. The second kappa shape index (κ2) is 6.06. The number of likely N-dealkylation sites (N-methyl/N-ethyl adjacent to an activating group) is 1. The number of β-amino-alcohol motifs (C(OH)–C–C–N with tert-alkyl or cyclic N) is 1. The lowest BCUT2D eigenvalue weighted by molar-refractivity contribution is -0.127. The fourth-order valence-corrected chi connectivity index (χ4v) is 2.50. The van der Waals surface area contributed by atoms with E-state index in [1.165, 1.54) is 11.3 Å². The first-order valence-corrected chi connectivity index (χ1v) is 6.87. The molecular weight excluding hydrogens is 240 g/mol. The third kappa shape index (κ3) is 3.47. The Morgan fingerprint density at radius 1 is 1.47 bits per heavy atom. The lowest BCUT2D eigenvalue weighted by atomic mass is 10.2. The molecule has 1 saturated heterocycles. The van der Waals surface area contributed by atoms with E-state index in [0.29, 0.717) is 13.1 Å². The van der Waals surface area contributed by atoms with Crippen molar-refractivity contribution in [1.82, 2.24) is 4.90 Å². The van der Waals surface area contributed by atoms with Crippen LogP contribution in [0.1, 0.15) is 18.9 Å². The van der Waals surface area contributed by atoms with Crippen LogP contribution in [0.4, 0.5) is 5.69 Å². The summed E-state index contributed by atoms with van der Waals surface area (Å²) in [5, 5.41) is 9.47. The van der Waals surface area contributed by atoms with Crippen molar-refractivity contribution in [1.29, 1.82) is 0 Å². The molecule has 1 heterocycles. The molecule has 1 aromatic carbocycles. The van der Waals surface area contributed by atoms with Gasteiger partial charge in [-0.15, -0.1) is 0 Å². The molecule has 0 saturated carbocycles. The predicted octanol–water partition coefficient (Wildman–Crippen LogP) is 1.41. The fraction of sp³-hybridized carbons (Fsp3) is 0.533. The average molecular weight is 262 g/mol. The quantitative estimate of drug-likeness (QED) is 0.872. The lowest BCUT2D eigenvalue weighted by Gasteiger charge is -2.26. The highest BCUT2D eigenvalue weighted by Gasteiger charge is 2.27. The third-order valence-electron chi connectivity index (χ3n) is 3.58. The number of likely N-dealkylation sites (tertiary alicyclic amines) is 1. The van der Waals surface area contributed by atoms with E-state index in [-0.39, 0.29) is 12.3 Å². The molecule has 1 fully saturated rings. The molecule has 0 aliphatic carbocycles. The summed E-state index contributed by atoms with van der Waals surface area (Å²) in [6, 6.07) is 8.39. The van der Waals surface area contributed by atoms with E-state index in [1.54, 1.807) is 4.90 Å². The van der Waals surface area contributed by atoms with Crippen LogP contribution in [0.25, 0.3) is 0 Å². The van der Waals surface area contributed by atoms with Crippen LogP contribution in [0.3, 0.4) is 0 Å². The van der Waals surface area contributed by atoms with E-state index in [1.807, 2.05) is 0 Å². The summed E-state index contributed by atoms with van der Waals surface area (Å²) in [4.78, 5) is 15.6. The van der Waals surface area contributed by atoms with Gasteiger partial charge in [-0.25, -0.2) is 0 Å². The molecule has 1 aliphatic rings. The van der Waals surface area contributed by atoms with Crippen LogP contribution in [-0.2, 0) is 4.79 Å². The first kappa shape index (κ1) is 13.9. The molecule has 1 unspecified atom stereocenters. The van der Waals surface area contributed by atoms with Crippen LogP contribution in [0.2, 0.25) is 0 Å². The number of carbonyl (C=O) groups excluding carboxylic acids is 1. The van der Waals surface area contributed by atoms with E-state index < -0.39 is 6.10 Å². The first-order valence-electron chi connectivity index (χ1n) is 6.87. The van der Waals surface area contributed by atoms with Gasteiger partial charge < -0.3 is 14.9 Å². The molecule has 1 aromatic rings. The SMILES string of the molecule is CCN(CCN1CC(O)CC1=O)c1cccc(C)c1. The second-order valence-electron chi connectivity index (χ2n) is 5.12. The van der Waals surface area contributed by atoms with Gasteiger partial charge >= 0.3 is 0 Å². The summed E-state index contributed by atoms with van der Waals surface area (Å²) >= 11 is 0. The number of aryl methyl sites for hydroxylation is 1. The van der Waals surface area contributed by atoms with Gasteiger partial charge in [0.15, 0.2) is 0 Å². The molecular formula is C15H22N2O2. The number of hydrogen-bond donors (Lipinski definition) is 1. The molecule has 4 heteroatoms.